The Morgan fingerprint density at radius 3 is 2.93 bits per heavy atom. The minimum atomic E-state index is -0.272. The van der Waals surface area contributed by atoms with Crippen LogP contribution in [0.15, 0.2) is 12.4 Å². The molecule has 0 aromatic carbocycles. The Labute approximate surface area is 85.6 Å². The average molecular weight is 214 g/mol. The van der Waals surface area contributed by atoms with Crippen LogP contribution in [0.3, 0.4) is 0 Å². The van der Waals surface area contributed by atoms with Crippen molar-refractivity contribution in [1.82, 2.24) is 15.0 Å². The molecule has 1 aromatic rings. The van der Waals surface area contributed by atoms with Crippen LogP contribution in [0.1, 0.15) is 16.9 Å². The third-order valence-electron chi connectivity index (χ3n) is 1.82. The van der Waals surface area contributed by atoms with Crippen LogP contribution >= 0.6 is 11.6 Å². The second kappa shape index (κ2) is 3.89. The van der Waals surface area contributed by atoms with Crippen molar-refractivity contribution in [3.05, 3.63) is 23.2 Å². The van der Waals surface area contributed by atoms with Gasteiger partial charge < -0.3 is 0 Å². The molecule has 0 aliphatic carbocycles. The largest absolute Gasteiger partial charge is 0.297 e. The number of carbonyl (C=O) groups excluding carboxylic acids is 1. The van der Waals surface area contributed by atoms with Crippen LogP contribution < -0.4 is 0 Å². The number of halogens is 1. The molecule has 1 aromatic heterocycles. The fraction of sp³-hybridized carbons (Fsp3) is 0.375. The minimum Gasteiger partial charge on any atom is -0.271 e. The molecule has 0 spiro atoms. The fourth-order valence-corrected chi connectivity index (χ4v) is 1.26. The summed E-state index contributed by atoms with van der Waals surface area (Å²) < 4.78 is 0. The number of carbonyl (C=O) groups is 1. The summed E-state index contributed by atoms with van der Waals surface area (Å²) >= 11 is 5.55. The van der Waals surface area contributed by atoms with Crippen molar-refractivity contribution in [1.29, 1.82) is 0 Å². The molecule has 1 aliphatic heterocycles. The normalized spacial score (nSPS) is 15.9. The Bertz CT molecular complexity index is 335. The van der Waals surface area contributed by atoms with Crippen LogP contribution in [-0.4, -0.2) is 34.1 Å². The zero-order valence-corrected chi connectivity index (χ0v) is 8.07. The predicted molar refractivity (Wildman–Crippen MR) is 48.6 cm³/mol. The standard InChI is InChI=1S/C8H8ClN3O2/c9-7-5-10-6(4-11-7)8(13)12-2-1-3-14-12/h4-5H,1-3H2. The molecule has 1 saturated heterocycles. The van der Waals surface area contributed by atoms with Crippen molar-refractivity contribution in [2.24, 2.45) is 0 Å². The maximum atomic E-state index is 11.6. The van der Waals surface area contributed by atoms with Crippen LogP contribution in [0.4, 0.5) is 0 Å². The van der Waals surface area contributed by atoms with Gasteiger partial charge in [0.15, 0.2) is 0 Å². The van der Waals surface area contributed by atoms with E-state index in [2.05, 4.69) is 9.97 Å². The Morgan fingerprint density at radius 1 is 1.50 bits per heavy atom. The third-order valence-corrected chi connectivity index (χ3v) is 2.01. The second-order valence-electron chi connectivity index (χ2n) is 2.82. The lowest BCUT2D eigenvalue weighted by Gasteiger charge is -2.12. The smallest absolute Gasteiger partial charge is 0.271 e. The number of hydrogen-bond acceptors (Lipinski definition) is 4. The highest BCUT2D eigenvalue weighted by Crippen LogP contribution is 2.09. The van der Waals surface area contributed by atoms with E-state index in [0.717, 1.165) is 6.42 Å². The van der Waals surface area contributed by atoms with Crippen LogP contribution in [0, 0.1) is 0 Å². The van der Waals surface area contributed by atoms with E-state index in [4.69, 9.17) is 16.4 Å². The van der Waals surface area contributed by atoms with Gasteiger partial charge in [-0.15, -0.1) is 0 Å². The van der Waals surface area contributed by atoms with Gasteiger partial charge in [0, 0.05) is 0 Å². The van der Waals surface area contributed by atoms with Crippen LogP contribution in [0.2, 0.25) is 5.15 Å². The summed E-state index contributed by atoms with van der Waals surface area (Å²) in [5.74, 6) is -0.272. The summed E-state index contributed by atoms with van der Waals surface area (Å²) in [6, 6.07) is 0. The first-order valence-corrected chi connectivity index (χ1v) is 4.57. The highest BCUT2D eigenvalue weighted by Gasteiger charge is 2.21. The molecule has 0 saturated carbocycles. The summed E-state index contributed by atoms with van der Waals surface area (Å²) in [6.07, 6.45) is 3.53. The average Bonchev–Trinajstić information content (AvgIpc) is 2.71. The molecule has 1 amide bonds. The molecule has 14 heavy (non-hydrogen) atoms. The minimum absolute atomic E-state index is 0.247. The molecule has 0 radical (unpaired) electrons. The van der Waals surface area contributed by atoms with E-state index in [-0.39, 0.29) is 16.8 Å². The number of hydrogen-bond donors (Lipinski definition) is 0. The van der Waals surface area contributed by atoms with Crippen molar-refractivity contribution in [2.45, 2.75) is 6.42 Å². The molecule has 0 N–H and O–H groups in total. The summed E-state index contributed by atoms with van der Waals surface area (Å²) in [5, 5.41) is 1.56. The summed E-state index contributed by atoms with van der Waals surface area (Å²) in [7, 11) is 0. The van der Waals surface area contributed by atoms with Crippen LogP contribution in [-0.2, 0) is 4.84 Å². The zero-order valence-electron chi connectivity index (χ0n) is 7.31. The quantitative estimate of drug-likeness (QED) is 0.696. The Kier molecular flexibility index (Phi) is 2.60. The number of hydroxylamine groups is 2. The molecule has 1 aliphatic rings. The van der Waals surface area contributed by atoms with Crippen molar-refractivity contribution in [2.75, 3.05) is 13.2 Å². The molecule has 5 nitrogen and oxygen atoms in total. The van der Waals surface area contributed by atoms with Gasteiger partial charge in [0.1, 0.15) is 10.8 Å². The fourth-order valence-electron chi connectivity index (χ4n) is 1.16. The topological polar surface area (TPSA) is 55.3 Å². The zero-order chi connectivity index (χ0) is 9.97. The van der Waals surface area contributed by atoms with Gasteiger partial charge in [-0.05, 0) is 6.42 Å². The lowest BCUT2D eigenvalue weighted by Crippen LogP contribution is -2.27. The van der Waals surface area contributed by atoms with Gasteiger partial charge in [-0.25, -0.2) is 15.0 Å². The van der Waals surface area contributed by atoms with Gasteiger partial charge in [-0.1, -0.05) is 11.6 Å². The molecular formula is C8H8ClN3O2. The number of aromatic nitrogens is 2. The van der Waals surface area contributed by atoms with Gasteiger partial charge >= 0.3 is 0 Å². The van der Waals surface area contributed by atoms with E-state index in [0.29, 0.717) is 13.2 Å². The van der Waals surface area contributed by atoms with Gasteiger partial charge in [-0.3, -0.25) is 9.63 Å². The van der Waals surface area contributed by atoms with Crippen LogP contribution in [0.25, 0.3) is 0 Å². The molecule has 6 heteroatoms. The molecular weight excluding hydrogens is 206 g/mol. The van der Waals surface area contributed by atoms with E-state index in [1.165, 1.54) is 17.5 Å². The Hall–Kier alpha value is -1.20. The van der Waals surface area contributed by atoms with Gasteiger partial charge in [0.05, 0.1) is 25.5 Å². The highest BCUT2D eigenvalue weighted by molar-refractivity contribution is 6.29. The number of nitrogens with zero attached hydrogens (tertiary/aromatic N) is 3. The van der Waals surface area contributed by atoms with Crippen molar-refractivity contribution >= 4 is 17.5 Å². The molecule has 0 unspecified atom stereocenters. The van der Waals surface area contributed by atoms with Gasteiger partial charge in [-0.2, -0.15) is 0 Å². The monoisotopic (exact) mass is 213 g/mol. The second-order valence-corrected chi connectivity index (χ2v) is 3.21. The van der Waals surface area contributed by atoms with E-state index in [1.807, 2.05) is 0 Å². The molecule has 2 rings (SSSR count). The van der Waals surface area contributed by atoms with Crippen molar-refractivity contribution < 1.29 is 9.63 Å². The maximum absolute atomic E-state index is 11.6. The first-order valence-electron chi connectivity index (χ1n) is 4.20. The summed E-state index contributed by atoms with van der Waals surface area (Å²) in [5.41, 5.74) is 0.247. The molecule has 0 bridgehead atoms. The van der Waals surface area contributed by atoms with E-state index in [9.17, 15) is 4.79 Å². The lowest BCUT2D eigenvalue weighted by atomic mass is 10.4. The SMILES string of the molecule is O=C(c1cnc(Cl)cn1)N1CCCO1. The first-order chi connectivity index (χ1) is 6.77. The molecule has 1 fully saturated rings. The lowest BCUT2D eigenvalue weighted by molar-refractivity contribution is -0.0772. The Balaban J connectivity index is 2.14. The maximum Gasteiger partial charge on any atom is 0.297 e. The molecule has 2 heterocycles. The highest BCUT2D eigenvalue weighted by atomic mass is 35.5. The van der Waals surface area contributed by atoms with Gasteiger partial charge in [0.25, 0.3) is 5.91 Å². The summed E-state index contributed by atoms with van der Waals surface area (Å²) in [4.78, 5) is 24.3. The van der Waals surface area contributed by atoms with Crippen LogP contribution in [0.5, 0.6) is 0 Å². The van der Waals surface area contributed by atoms with E-state index >= 15 is 0 Å². The van der Waals surface area contributed by atoms with Gasteiger partial charge in [0.2, 0.25) is 0 Å². The predicted octanol–water partition coefficient (Wildman–Crippen LogP) is 0.907. The third kappa shape index (κ3) is 1.83. The van der Waals surface area contributed by atoms with E-state index in [1.54, 1.807) is 0 Å². The Morgan fingerprint density at radius 2 is 2.36 bits per heavy atom. The summed E-state index contributed by atoms with van der Waals surface area (Å²) in [6.45, 7) is 1.18. The number of amides is 1. The van der Waals surface area contributed by atoms with E-state index < -0.39 is 0 Å². The van der Waals surface area contributed by atoms with Crippen molar-refractivity contribution in [3.8, 4) is 0 Å². The first kappa shape index (κ1) is 9.36. The van der Waals surface area contributed by atoms with Crippen molar-refractivity contribution in [3.63, 3.8) is 0 Å². The molecule has 74 valence electrons. The molecule has 0 atom stereocenters. The number of rotatable bonds is 1.